The van der Waals surface area contributed by atoms with E-state index in [-0.39, 0.29) is 31.6 Å². The van der Waals surface area contributed by atoms with Crippen LogP contribution in [0.2, 0.25) is 0 Å². The Bertz CT molecular complexity index is 1360. The molecule has 1 aromatic carbocycles. The number of aromatic nitrogens is 2. The van der Waals surface area contributed by atoms with Crippen LogP contribution in [-0.2, 0) is 29.0 Å². The van der Waals surface area contributed by atoms with Crippen LogP contribution in [-0.4, -0.2) is 101 Å². The highest BCUT2D eigenvalue weighted by Crippen LogP contribution is 2.31. The lowest BCUT2D eigenvalue weighted by Crippen LogP contribution is -2.56. The average molecular weight is 606 g/mol. The molecule has 44 heavy (non-hydrogen) atoms. The molecular formula is C32H43N7O5. The smallest absolute Gasteiger partial charge is 0.410 e. The van der Waals surface area contributed by atoms with Crippen LogP contribution in [0, 0.1) is 11.3 Å². The highest BCUT2D eigenvalue weighted by Gasteiger charge is 2.36. The monoisotopic (exact) mass is 605 g/mol. The molecule has 0 radical (unpaired) electrons. The van der Waals surface area contributed by atoms with E-state index in [2.05, 4.69) is 22.9 Å². The van der Waals surface area contributed by atoms with Crippen LogP contribution in [0.25, 0.3) is 0 Å². The Morgan fingerprint density at radius 2 is 1.84 bits per heavy atom. The van der Waals surface area contributed by atoms with Crippen LogP contribution in [0.1, 0.15) is 56.9 Å². The molecule has 2 aromatic rings. The molecule has 5 rings (SSSR count). The number of piperazine rings is 1. The number of hydrogen-bond acceptors (Lipinski definition) is 10. The summed E-state index contributed by atoms with van der Waals surface area (Å²) in [4.78, 5) is 43.4. The van der Waals surface area contributed by atoms with Crippen molar-refractivity contribution in [3.8, 4) is 12.1 Å². The number of carbonyl (C=O) groups is 2. The Labute approximate surface area is 259 Å². The molecule has 0 bridgehead atoms. The lowest BCUT2D eigenvalue weighted by molar-refractivity contribution is 0.0144. The summed E-state index contributed by atoms with van der Waals surface area (Å²) in [5, 5.41) is 9.59. The Balaban J connectivity index is 1.36. The van der Waals surface area contributed by atoms with Crippen molar-refractivity contribution < 1.29 is 23.8 Å². The van der Waals surface area contributed by atoms with Gasteiger partial charge in [0.05, 0.1) is 30.8 Å². The minimum Gasteiger partial charge on any atom is -0.462 e. The molecule has 0 unspecified atom stereocenters. The van der Waals surface area contributed by atoms with Crippen LogP contribution >= 0.6 is 0 Å². The van der Waals surface area contributed by atoms with Gasteiger partial charge in [0, 0.05) is 37.8 Å². The van der Waals surface area contributed by atoms with E-state index in [9.17, 15) is 14.9 Å². The molecule has 12 nitrogen and oxygen atoms in total. The van der Waals surface area contributed by atoms with E-state index in [4.69, 9.17) is 24.2 Å². The standard InChI is InChI=1S/C32H43N7O5/c1-32(2,3)44-31(41)39-18-17-37(19-24(39)12-14-33)28-26-13-16-38(30(40)43-21-23-9-6-5-7-10-23)20-27(26)34-29(35-28)42-22-25-11-8-15-36(25)4/h5-7,9-10,24-25H,8,11-13,15-22H2,1-4H3/t24-,25-/m0/s1. The summed E-state index contributed by atoms with van der Waals surface area (Å²) in [5.74, 6) is 0.730. The van der Waals surface area contributed by atoms with Crippen molar-refractivity contribution in [3.63, 3.8) is 0 Å². The van der Waals surface area contributed by atoms with Gasteiger partial charge in [-0.15, -0.1) is 0 Å². The van der Waals surface area contributed by atoms with E-state index in [0.29, 0.717) is 45.2 Å². The summed E-state index contributed by atoms with van der Waals surface area (Å²) in [6.07, 6.45) is 2.08. The van der Waals surface area contributed by atoms with Crippen molar-refractivity contribution >= 4 is 18.0 Å². The highest BCUT2D eigenvalue weighted by atomic mass is 16.6. The molecule has 0 aliphatic carbocycles. The summed E-state index contributed by atoms with van der Waals surface area (Å²) < 4.78 is 17.4. The first kappa shape index (κ1) is 31.3. The summed E-state index contributed by atoms with van der Waals surface area (Å²) in [6.45, 7) is 9.26. The molecule has 1 aromatic heterocycles. The molecule has 0 N–H and O–H groups in total. The second-order valence-electron chi connectivity index (χ2n) is 12.7. The number of hydrogen-bond donors (Lipinski definition) is 0. The van der Waals surface area contributed by atoms with Gasteiger partial charge >= 0.3 is 18.2 Å². The topological polar surface area (TPSA) is 124 Å². The van der Waals surface area contributed by atoms with Gasteiger partial charge in [-0.3, -0.25) is 0 Å². The molecule has 3 aliphatic heterocycles. The number of nitrogens with zero attached hydrogens (tertiary/aromatic N) is 7. The summed E-state index contributed by atoms with van der Waals surface area (Å²) in [7, 11) is 2.10. The number of fused-ring (bicyclic) bond motifs is 1. The van der Waals surface area contributed by atoms with Crippen molar-refractivity contribution in [1.29, 1.82) is 5.26 Å². The number of amides is 2. The zero-order valence-corrected chi connectivity index (χ0v) is 26.2. The summed E-state index contributed by atoms with van der Waals surface area (Å²) in [5.41, 5.74) is 1.96. The van der Waals surface area contributed by atoms with Crippen LogP contribution in [0.15, 0.2) is 30.3 Å². The third-order valence-electron chi connectivity index (χ3n) is 8.30. The lowest BCUT2D eigenvalue weighted by atomic mass is 10.0. The van der Waals surface area contributed by atoms with Gasteiger partial charge in [-0.05, 0) is 59.2 Å². The first-order valence-electron chi connectivity index (χ1n) is 15.4. The molecule has 2 fully saturated rings. The number of benzene rings is 1. The second-order valence-corrected chi connectivity index (χ2v) is 12.7. The minimum absolute atomic E-state index is 0.168. The quantitative estimate of drug-likeness (QED) is 0.458. The second kappa shape index (κ2) is 13.7. The molecule has 0 spiro atoms. The van der Waals surface area contributed by atoms with Crippen molar-refractivity contribution in [2.24, 2.45) is 0 Å². The van der Waals surface area contributed by atoms with Gasteiger partial charge in [-0.1, -0.05) is 30.3 Å². The van der Waals surface area contributed by atoms with Crippen LogP contribution in [0.3, 0.4) is 0 Å². The maximum Gasteiger partial charge on any atom is 0.410 e. The molecular weight excluding hydrogens is 562 g/mol. The van der Waals surface area contributed by atoms with Gasteiger partial charge in [-0.25, -0.2) is 9.59 Å². The van der Waals surface area contributed by atoms with Crippen molar-refractivity contribution in [3.05, 3.63) is 47.2 Å². The number of rotatable bonds is 7. The number of nitriles is 1. The van der Waals surface area contributed by atoms with E-state index >= 15 is 0 Å². The van der Waals surface area contributed by atoms with E-state index in [1.807, 2.05) is 51.1 Å². The van der Waals surface area contributed by atoms with Gasteiger partial charge in [-0.2, -0.15) is 15.2 Å². The van der Waals surface area contributed by atoms with E-state index in [0.717, 1.165) is 42.0 Å². The van der Waals surface area contributed by atoms with Crippen molar-refractivity contribution in [1.82, 2.24) is 24.7 Å². The molecule has 3 aliphatic rings. The summed E-state index contributed by atoms with van der Waals surface area (Å²) >= 11 is 0. The van der Waals surface area contributed by atoms with Crippen molar-refractivity contribution in [2.45, 2.75) is 77.3 Å². The fourth-order valence-electron chi connectivity index (χ4n) is 5.93. The number of ether oxygens (including phenoxy) is 3. The third kappa shape index (κ3) is 7.69. The zero-order valence-electron chi connectivity index (χ0n) is 26.2. The van der Waals surface area contributed by atoms with E-state index < -0.39 is 17.8 Å². The van der Waals surface area contributed by atoms with E-state index in [1.165, 1.54) is 0 Å². The molecule has 2 amide bonds. The fourth-order valence-corrected chi connectivity index (χ4v) is 5.93. The Morgan fingerprint density at radius 1 is 1.05 bits per heavy atom. The SMILES string of the molecule is CN1CCC[C@H]1COc1nc2c(c(N3CCN(C(=O)OC(C)(C)C)[C@@H](CC#N)C3)n1)CCN(C(=O)OCc1ccccc1)C2. The van der Waals surface area contributed by atoms with Crippen LogP contribution < -0.4 is 9.64 Å². The van der Waals surface area contributed by atoms with Gasteiger partial charge in [0.25, 0.3) is 0 Å². The maximum absolute atomic E-state index is 13.0. The average Bonchev–Trinajstić information content (AvgIpc) is 3.42. The molecule has 236 valence electrons. The van der Waals surface area contributed by atoms with Gasteiger partial charge < -0.3 is 33.8 Å². The minimum atomic E-state index is -0.634. The normalized spacial score (nSPS) is 20.6. The maximum atomic E-state index is 13.0. The van der Waals surface area contributed by atoms with Gasteiger partial charge in [0.1, 0.15) is 24.6 Å². The number of likely N-dealkylation sites (N-methyl/N-ethyl adjacent to an activating group) is 1. The first-order chi connectivity index (χ1) is 21.1. The summed E-state index contributed by atoms with van der Waals surface area (Å²) in [6, 6.07) is 12.0. The third-order valence-corrected chi connectivity index (χ3v) is 8.30. The molecule has 4 heterocycles. The van der Waals surface area contributed by atoms with Gasteiger partial charge in [0.15, 0.2) is 0 Å². The van der Waals surface area contributed by atoms with E-state index in [1.54, 1.807) is 9.80 Å². The molecule has 0 saturated carbocycles. The first-order valence-corrected chi connectivity index (χ1v) is 15.4. The predicted octanol–water partition coefficient (Wildman–Crippen LogP) is 3.98. The number of anilines is 1. The predicted molar refractivity (Wildman–Crippen MR) is 163 cm³/mol. The van der Waals surface area contributed by atoms with Crippen molar-refractivity contribution in [2.75, 3.05) is 51.3 Å². The number of likely N-dealkylation sites (tertiary alicyclic amines) is 1. The molecule has 2 saturated heterocycles. The lowest BCUT2D eigenvalue weighted by Gasteiger charge is -2.42. The highest BCUT2D eigenvalue weighted by molar-refractivity contribution is 5.70. The zero-order chi connectivity index (χ0) is 31.3. The largest absolute Gasteiger partial charge is 0.462 e. The fraction of sp³-hybridized carbons (Fsp3) is 0.594. The Morgan fingerprint density at radius 3 is 2.55 bits per heavy atom. The van der Waals surface area contributed by atoms with Crippen LogP contribution in [0.4, 0.5) is 15.4 Å². The van der Waals surface area contributed by atoms with Crippen LogP contribution in [0.5, 0.6) is 6.01 Å². The van der Waals surface area contributed by atoms with Gasteiger partial charge in [0.2, 0.25) is 0 Å². The Kier molecular flexibility index (Phi) is 9.74. The number of carbonyl (C=O) groups excluding carboxylic acids is 2. The Hall–Kier alpha value is -4.11. The molecule has 12 heteroatoms. The molecule has 2 atom stereocenters.